The Kier molecular flexibility index (Phi) is 21.4. The third-order valence-electron chi connectivity index (χ3n) is 1.50. The molecule has 1 saturated carbocycles. The Morgan fingerprint density at radius 1 is 1.00 bits per heavy atom. The molecule has 11 heavy (non-hydrogen) atoms. The normalized spacial score (nSPS) is 14.2. The van der Waals surface area contributed by atoms with Gasteiger partial charge in [0.25, 0.3) is 0 Å². The molecule has 0 heterocycles. The molecule has 1 aliphatic rings. The van der Waals surface area contributed by atoms with Gasteiger partial charge in [0, 0.05) is 0 Å². The molecule has 0 aromatic heterocycles. The molecule has 1 rings (SSSR count). The molecule has 0 amide bonds. The average molecular weight is 176 g/mol. The van der Waals surface area contributed by atoms with Crippen LogP contribution in [0.4, 0.5) is 0 Å². The highest BCUT2D eigenvalue weighted by Crippen LogP contribution is 2.15. The van der Waals surface area contributed by atoms with Crippen molar-refractivity contribution in [1.82, 2.24) is 0 Å². The monoisotopic (exact) mass is 176 g/mol. The zero-order chi connectivity index (χ0) is 8.95. The van der Waals surface area contributed by atoms with Gasteiger partial charge in [0.05, 0.1) is 0 Å². The van der Waals surface area contributed by atoms with Crippen molar-refractivity contribution < 1.29 is 0 Å². The summed E-state index contributed by atoms with van der Waals surface area (Å²) in [5.74, 6) is 0. The van der Waals surface area contributed by atoms with Crippen LogP contribution < -0.4 is 0 Å². The van der Waals surface area contributed by atoms with Gasteiger partial charge < -0.3 is 0 Å². The summed E-state index contributed by atoms with van der Waals surface area (Å²) >= 11 is 0. The molecule has 70 valence electrons. The van der Waals surface area contributed by atoms with Gasteiger partial charge in [-0.2, -0.15) is 0 Å². The van der Waals surface area contributed by atoms with Gasteiger partial charge in [-0.3, -0.25) is 0 Å². The Labute approximate surface area is 74.9 Å². The van der Waals surface area contributed by atoms with Crippen molar-refractivity contribution >= 4 is 8.58 Å². The van der Waals surface area contributed by atoms with E-state index in [0.717, 1.165) is 8.58 Å². The molecule has 0 N–H and O–H groups in total. The predicted octanol–water partition coefficient (Wildman–Crippen LogP) is 4.29. The maximum atomic E-state index is 2.24. The lowest BCUT2D eigenvalue weighted by Crippen LogP contribution is -1.85. The Bertz CT molecular complexity index is 34.1. The molecular weight excluding hydrogens is 151 g/mol. The molecule has 0 aromatic carbocycles. The fraction of sp³-hybridized carbons (Fsp3) is 1.00. The van der Waals surface area contributed by atoms with Crippen LogP contribution >= 0.6 is 8.58 Å². The first-order valence-electron chi connectivity index (χ1n) is 5.06. The molecular formula is C10H25P. The smallest absolute Gasteiger partial charge is 0.0359 e. The van der Waals surface area contributed by atoms with Gasteiger partial charge in [0.1, 0.15) is 0 Å². The van der Waals surface area contributed by atoms with Crippen LogP contribution in [0.15, 0.2) is 0 Å². The summed E-state index contributed by atoms with van der Waals surface area (Å²) in [4.78, 5) is 0. The molecule has 1 atom stereocenters. The van der Waals surface area contributed by atoms with Crippen LogP contribution in [0.1, 0.15) is 52.9 Å². The number of hydrogen-bond acceptors (Lipinski definition) is 0. The average Bonchev–Trinajstić information content (AvgIpc) is 1.90. The second-order valence-corrected chi connectivity index (χ2v) is 3.72. The van der Waals surface area contributed by atoms with Gasteiger partial charge >= 0.3 is 0 Å². The lowest BCUT2D eigenvalue weighted by Gasteiger charge is -2.05. The summed E-state index contributed by atoms with van der Waals surface area (Å²) in [5.41, 5.74) is 0. The number of hydrogen-bond donors (Lipinski definition) is 0. The fourth-order valence-electron chi connectivity index (χ4n) is 0.500. The Balaban J connectivity index is 0. The SMILES string of the molecule is C1CCC1.CC.CCCPC. The first kappa shape index (κ1) is 14.0. The van der Waals surface area contributed by atoms with E-state index in [9.17, 15) is 0 Å². The van der Waals surface area contributed by atoms with E-state index in [0.29, 0.717) is 0 Å². The van der Waals surface area contributed by atoms with Gasteiger partial charge in [-0.1, -0.05) is 52.9 Å². The molecule has 1 heteroatoms. The highest BCUT2D eigenvalue weighted by molar-refractivity contribution is 7.36. The largest absolute Gasteiger partial charge is 0.125 e. The summed E-state index contributed by atoms with van der Waals surface area (Å²) in [5, 5.41) is 0. The second-order valence-electron chi connectivity index (χ2n) is 2.52. The van der Waals surface area contributed by atoms with E-state index in [1.54, 1.807) is 0 Å². The molecule has 0 nitrogen and oxygen atoms in total. The summed E-state index contributed by atoms with van der Waals surface area (Å²) in [6.45, 7) is 8.46. The van der Waals surface area contributed by atoms with E-state index in [1.165, 1.54) is 38.3 Å². The molecule has 1 fully saturated rings. The quantitative estimate of drug-likeness (QED) is 0.550. The zero-order valence-corrected chi connectivity index (χ0v) is 9.74. The first-order valence-corrected chi connectivity index (χ1v) is 6.77. The van der Waals surface area contributed by atoms with Crippen LogP contribution in [0, 0.1) is 0 Å². The summed E-state index contributed by atoms with van der Waals surface area (Å²) in [7, 11) is 1.16. The second kappa shape index (κ2) is 16.8. The molecule has 0 spiro atoms. The van der Waals surface area contributed by atoms with E-state index < -0.39 is 0 Å². The topological polar surface area (TPSA) is 0 Å². The van der Waals surface area contributed by atoms with E-state index >= 15 is 0 Å². The fourth-order valence-corrected chi connectivity index (χ4v) is 1.000. The lowest BCUT2D eigenvalue weighted by atomic mass is 10.0. The molecule has 0 aliphatic heterocycles. The van der Waals surface area contributed by atoms with Crippen LogP contribution in [-0.2, 0) is 0 Å². The van der Waals surface area contributed by atoms with Gasteiger partial charge in [-0.25, -0.2) is 0 Å². The molecule has 0 radical (unpaired) electrons. The van der Waals surface area contributed by atoms with Gasteiger partial charge in [0.15, 0.2) is 0 Å². The molecule has 0 bridgehead atoms. The van der Waals surface area contributed by atoms with Crippen molar-refractivity contribution in [1.29, 1.82) is 0 Å². The Morgan fingerprint density at radius 2 is 1.36 bits per heavy atom. The molecule has 1 unspecified atom stereocenters. The third kappa shape index (κ3) is 17.9. The molecule has 0 saturated heterocycles. The minimum absolute atomic E-state index is 1.16. The van der Waals surface area contributed by atoms with Crippen LogP contribution in [-0.4, -0.2) is 12.8 Å². The van der Waals surface area contributed by atoms with Crippen LogP contribution in [0.5, 0.6) is 0 Å². The lowest BCUT2D eigenvalue weighted by molar-refractivity contribution is 0.504. The van der Waals surface area contributed by atoms with E-state index in [-0.39, 0.29) is 0 Å². The van der Waals surface area contributed by atoms with Crippen molar-refractivity contribution in [2.75, 3.05) is 12.8 Å². The zero-order valence-electron chi connectivity index (χ0n) is 8.74. The summed E-state index contributed by atoms with van der Waals surface area (Å²) < 4.78 is 0. The van der Waals surface area contributed by atoms with Gasteiger partial charge in [-0.15, -0.1) is 8.58 Å². The van der Waals surface area contributed by atoms with Crippen LogP contribution in [0.25, 0.3) is 0 Å². The van der Waals surface area contributed by atoms with Gasteiger partial charge in [-0.05, 0) is 12.8 Å². The Hall–Kier alpha value is 0.430. The van der Waals surface area contributed by atoms with Crippen molar-refractivity contribution in [3.05, 3.63) is 0 Å². The molecule has 0 aromatic rings. The highest BCUT2D eigenvalue weighted by Gasteiger charge is 1.95. The summed E-state index contributed by atoms with van der Waals surface area (Å²) in [6.07, 6.45) is 8.77. The van der Waals surface area contributed by atoms with E-state index in [2.05, 4.69) is 13.6 Å². The Morgan fingerprint density at radius 3 is 1.36 bits per heavy atom. The van der Waals surface area contributed by atoms with Crippen LogP contribution in [0.2, 0.25) is 0 Å². The minimum Gasteiger partial charge on any atom is -0.125 e. The number of rotatable bonds is 2. The van der Waals surface area contributed by atoms with E-state index in [1.807, 2.05) is 13.8 Å². The maximum Gasteiger partial charge on any atom is -0.0359 e. The summed E-state index contributed by atoms with van der Waals surface area (Å²) in [6, 6.07) is 0. The van der Waals surface area contributed by atoms with Crippen molar-refractivity contribution in [2.45, 2.75) is 52.9 Å². The third-order valence-corrected chi connectivity index (χ3v) is 2.50. The molecule has 1 aliphatic carbocycles. The van der Waals surface area contributed by atoms with Crippen molar-refractivity contribution in [3.8, 4) is 0 Å². The maximum absolute atomic E-state index is 2.24. The highest BCUT2D eigenvalue weighted by atomic mass is 31.1. The van der Waals surface area contributed by atoms with E-state index in [4.69, 9.17) is 0 Å². The van der Waals surface area contributed by atoms with Crippen LogP contribution in [0.3, 0.4) is 0 Å². The predicted molar refractivity (Wildman–Crippen MR) is 59.2 cm³/mol. The first-order chi connectivity index (χ1) is 5.41. The standard InChI is InChI=1S/C4H11P.C4H8.C2H6/c1-3-4-5-2;1-2-4-3-1;1-2/h5H,3-4H2,1-2H3;1-4H2;1-2H3. The van der Waals surface area contributed by atoms with Gasteiger partial charge in [0.2, 0.25) is 0 Å². The van der Waals surface area contributed by atoms with Crippen molar-refractivity contribution in [3.63, 3.8) is 0 Å². The minimum atomic E-state index is 1.16. The van der Waals surface area contributed by atoms with Crippen molar-refractivity contribution in [2.24, 2.45) is 0 Å².